The molecule has 0 aliphatic carbocycles. The smallest absolute Gasteiger partial charge is 0.0807 e. The lowest BCUT2D eigenvalue weighted by Gasteiger charge is -2.31. The first-order chi connectivity index (χ1) is 11.7. The molecule has 0 saturated carbocycles. The van der Waals surface area contributed by atoms with Crippen molar-refractivity contribution in [2.24, 2.45) is 0 Å². The Morgan fingerprint density at radius 1 is 1.17 bits per heavy atom. The predicted molar refractivity (Wildman–Crippen MR) is 102 cm³/mol. The first kappa shape index (κ1) is 16.8. The summed E-state index contributed by atoms with van der Waals surface area (Å²) in [4.78, 5) is 4.62. The third-order valence-corrected chi connectivity index (χ3v) is 5.02. The van der Waals surface area contributed by atoms with Crippen LogP contribution in [0.4, 0.5) is 11.4 Å². The third-order valence-electron chi connectivity index (χ3n) is 5.02. The normalized spacial score (nSPS) is 15.0. The summed E-state index contributed by atoms with van der Waals surface area (Å²) in [6, 6.07) is 16.8. The van der Waals surface area contributed by atoms with Gasteiger partial charge in [0.2, 0.25) is 0 Å². The largest absolute Gasteiger partial charge is 0.388 e. The maximum absolute atomic E-state index is 10.6. The molecule has 0 saturated heterocycles. The van der Waals surface area contributed by atoms with Crippen molar-refractivity contribution in [2.45, 2.75) is 32.3 Å². The van der Waals surface area contributed by atoms with Crippen molar-refractivity contribution in [1.29, 1.82) is 0 Å². The quantitative estimate of drug-likeness (QED) is 0.869. The van der Waals surface area contributed by atoms with E-state index in [2.05, 4.69) is 54.1 Å². The number of para-hydroxylation sites is 1. The Morgan fingerprint density at radius 3 is 2.71 bits per heavy atom. The second-order valence-electron chi connectivity index (χ2n) is 6.63. The van der Waals surface area contributed by atoms with Crippen LogP contribution in [0, 0.1) is 0 Å². The van der Waals surface area contributed by atoms with E-state index in [1.807, 2.05) is 18.2 Å². The number of aryl methyl sites for hydroxylation is 1. The first-order valence-electron chi connectivity index (χ1n) is 9.01. The summed E-state index contributed by atoms with van der Waals surface area (Å²) in [6.07, 6.45) is 2.66. The van der Waals surface area contributed by atoms with Crippen molar-refractivity contribution in [1.82, 2.24) is 0 Å². The lowest BCUT2D eigenvalue weighted by atomic mass is 9.96. The predicted octanol–water partition coefficient (Wildman–Crippen LogP) is 4.02. The van der Waals surface area contributed by atoms with E-state index in [-0.39, 0.29) is 0 Å². The molecule has 0 spiro atoms. The van der Waals surface area contributed by atoms with Crippen LogP contribution in [-0.4, -0.2) is 31.8 Å². The van der Waals surface area contributed by atoms with Crippen LogP contribution in [0.1, 0.15) is 37.0 Å². The van der Waals surface area contributed by atoms with Gasteiger partial charge in [0.05, 0.1) is 6.10 Å². The van der Waals surface area contributed by atoms with Crippen LogP contribution < -0.4 is 9.80 Å². The zero-order chi connectivity index (χ0) is 16.9. The van der Waals surface area contributed by atoms with Crippen LogP contribution in [0.3, 0.4) is 0 Å². The lowest BCUT2D eigenvalue weighted by Crippen LogP contribution is -2.29. The van der Waals surface area contributed by atoms with E-state index < -0.39 is 6.10 Å². The molecule has 1 aliphatic rings. The van der Waals surface area contributed by atoms with E-state index >= 15 is 0 Å². The molecule has 2 aromatic rings. The standard InChI is InChI=1S/C21H28N2O/c1-3-23-14-7-8-17-16-18(11-12-20(17)23)21(24)13-15-22(2)19-9-5-4-6-10-19/h4-6,9-12,16,21,24H,3,7-8,13-15H2,1-2H3. The van der Waals surface area contributed by atoms with Crippen molar-refractivity contribution in [3.05, 3.63) is 59.7 Å². The minimum atomic E-state index is -0.404. The molecule has 3 nitrogen and oxygen atoms in total. The molecule has 128 valence electrons. The molecule has 1 unspecified atom stereocenters. The average molecular weight is 324 g/mol. The minimum Gasteiger partial charge on any atom is -0.388 e. The topological polar surface area (TPSA) is 26.7 Å². The van der Waals surface area contributed by atoms with Crippen molar-refractivity contribution < 1.29 is 5.11 Å². The van der Waals surface area contributed by atoms with Crippen LogP contribution in [-0.2, 0) is 6.42 Å². The second-order valence-corrected chi connectivity index (χ2v) is 6.63. The Kier molecular flexibility index (Phi) is 5.41. The monoisotopic (exact) mass is 324 g/mol. The third kappa shape index (κ3) is 3.73. The highest BCUT2D eigenvalue weighted by atomic mass is 16.3. The van der Waals surface area contributed by atoms with Gasteiger partial charge in [-0.25, -0.2) is 0 Å². The summed E-state index contributed by atoms with van der Waals surface area (Å²) in [7, 11) is 2.08. The van der Waals surface area contributed by atoms with Gasteiger partial charge in [-0.2, -0.15) is 0 Å². The van der Waals surface area contributed by atoms with E-state index in [1.54, 1.807) is 0 Å². The SMILES string of the molecule is CCN1CCCc2cc(C(O)CCN(C)c3ccccc3)ccc21. The maximum atomic E-state index is 10.6. The fourth-order valence-corrected chi connectivity index (χ4v) is 3.52. The van der Waals surface area contributed by atoms with Crippen LogP contribution in [0.15, 0.2) is 48.5 Å². The van der Waals surface area contributed by atoms with Gasteiger partial charge in [-0.15, -0.1) is 0 Å². The molecule has 3 rings (SSSR count). The maximum Gasteiger partial charge on any atom is 0.0807 e. The molecule has 0 fully saturated rings. The molecule has 3 heteroatoms. The molecular weight excluding hydrogens is 296 g/mol. The molecule has 1 N–H and O–H groups in total. The number of fused-ring (bicyclic) bond motifs is 1. The second kappa shape index (κ2) is 7.71. The van der Waals surface area contributed by atoms with Gasteiger partial charge in [-0.1, -0.05) is 30.3 Å². The van der Waals surface area contributed by atoms with Crippen molar-refractivity contribution in [3.8, 4) is 0 Å². The number of aliphatic hydroxyl groups excluding tert-OH is 1. The molecule has 24 heavy (non-hydrogen) atoms. The van der Waals surface area contributed by atoms with Gasteiger partial charge in [0, 0.05) is 38.1 Å². The van der Waals surface area contributed by atoms with Gasteiger partial charge in [0.25, 0.3) is 0 Å². The number of anilines is 2. The molecule has 0 radical (unpaired) electrons. The Bertz CT molecular complexity index is 656. The van der Waals surface area contributed by atoms with E-state index in [4.69, 9.17) is 0 Å². The summed E-state index contributed by atoms with van der Waals surface area (Å²) in [6.45, 7) is 5.24. The highest BCUT2D eigenvalue weighted by Gasteiger charge is 2.18. The summed E-state index contributed by atoms with van der Waals surface area (Å²) < 4.78 is 0. The fraction of sp³-hybridized carbons (Fsp3) is 0.429. The van der Waals surface area contributed by atoms with Gasteiger partial charge in [0.1, 0.15) is 0 Å². The highest BCUT2D eigenvalue weighted by molar-refractivity contribution is 5.57. The van der Waals surface area contributed by atoms with Gasteiger partial charge in [-0.3, -0.25) is 0 Å². The van der Waals surface area contributed by atoms with Crippen LogP contribution in [0.25, 0.3) is 0 Å². The first-order valence-corrected chi connectivity index (χ1v) is 9.01. The minimum absolute atomic E-state index is 0.404. The summed E-state index contributed by atoms with van der Waals surface area (Å²) in [5.41, 5.74) is 4.97. The summed E-state index contributed by atoms with van der Waals surface area (Å²) in [5.74, 6) is 0. The van der Waals surface area contributed by atoms with E-state index in [9.17, 15) is 5.11 Å². The molecule has 0 bridgehead atoms. The molecule has 1 atom stereocenters. The molecule has 0 aromatic heterocycles. The fourth-order valence-electron chi connectivity index (χ4n) is 3.52. The molecular formula is C21H28N2O. The molecule has 0 amide bonds. The van der Waals surface area contributed by atoms with Gasteiger partial charge in [-0.05, 0) is 55.5 Å². The van der Waals surface area contributed by atoms with Crippen LogP contribution in [0.5, 0.6) is 0 Å². The van der Waals surface area contributed by atoms with Crippen LogP contribution >= 0.6 is 0 Å². The van der Waals surface area contributed by atoms with E-state index in [0.29, 0.717) is 0 Å². The lowest BCUT2D eigenvalue weighted by molar-refractivity contribution is 0.169. The zero-order valence-electron chi connectivity index (χ0n) is 14.8. The Balaban J connectivity index is 1.64. The molecule has 1 aliphatic heterocycles. The van der Waals surface area contributed by atoms with Gasteiger partial charge in [0.15, 0.2) is 0 Å². The van der Waals surface area contributed by atoms with Crippen molar-refractivity contribution >= 4 is 11.4 Å². The Morgan fingerprint density at radius 2 is 1.96 bits per heavy atom. The van der Waals surface area contributed by atoms with Crippen molar-refractivity contribution in [3.63, 3.8) is 0 Å². The Labute approximate surface area is 145 Å². The highest BCUT2D eigenvalue weighted by Crippen LogP contribution is 2.30. The number of benzene rings is 2. The van der Waals surface area contributed by atoms with Crippen molar-refractivity contribution in [2.75, 3.05) is 36.5 Å². The van der Waals surface area contributed by atoms with Gasteiger partial charge >= 0.3 is 0 Å². The van der Waals surface area contributed by atoms with E-state index in [1.165, 1.54) is 23.4 Å². The number of hydrogen-bond donors (Lipinski definition) is 1. The summed E-state index contributed by atoms with van der Waals surface area (Å²) in [5, 5.41) is 10.6. The molecule has 2 aromatic carbocycles. The average Bonchev–Trinajstić information content (AvgIpc) is 2.65. The van der Waals surface area contributed by atoms with E-state index in [0.717, 1.165) is 38.0 Å². The number of hydrogen-bond acceptors (Lipinski definition) is 3. The zero-order valence-corrected chi connectivity index (χ0v) is 14.8. The van der Waals surface area contributed by atoms with Gasteiger partial charge < -0.3 is 14.9 Å². The molecule has 1 heterocycles. The number of aliphatic hydroxyl groups is 1. The summed E-state index contributed by atoms with van der Waals surface area (Å²) >= 11 is 0. The number of rotatable bonds is 6. The number of nitrogens with zero attached hydrogens (tertiary/aromatic N) is 2. The Hall–Kier alpha value is -2.00. The van der Waals surface area contributed by atoms with Crippen LogP contribution in [0.2, 0.25) is 0 Å².